The van der Waals surface area contributed by atoms with Crippen LogP contribution in [0.5, 0.6) is 0 Å². The Balaban J connectivity index is -0.000000107. The average Bonchev–Trinajstić information content (AvgIpc) is 1.68. The van der Waals surface area contributed by atoms with Gasteiger partial charge in [0.05, 0.1) is 0 Å². The van der Waals surface area contributed by atoms with Gasteiger partial charge in [0.15, 0.2) is 0 Å². The largest absolute Gasteiger partial charge is 4.00 e. The Labute approximate surface area is 82.5 Å². The zero-order valence-electron chi connectivity index (χ0n) is 7.62. The number of hydrogen-bond acceptors (Lipinski definition) is 0. The average molecular weight is 190 g/mol. The van der Waals surface area contributed by atoms with E-state index in [4.69, 9.17) is 0 Å². The molecule has 0 rings (SSSR count). The summed E-state index contributed by atoms with van der Waals surface area (Å²) in [7, 11) is 0.417. The molecule has 0 aliphatic rings. The van der Waals surface area contributed by atoms with Gasteiger partial charge in [-0.3, -0.25) is 0 Å². The van der Waals surface area contributed by atoms with E-state index in [0.29, 0.717) is 9.52 Å². The van der Waals surface area contributed by atoms with Gasteiger partial charge >= 0.3 is 21.7 Å². The number of allylic oxidation sites excluding steroid dienone is 2. The van der Waals surface area contributed by atoms with Crippen molar-refractivity contribution in [1.82, 2.24) is 0 Å². The Hall–Kier alpha value is 0.411. The zero-order valence-corrected chi connectivity index (χ0v) is 10.6. The minimum Gasteiger partial charge on any atom is -0.0959 e. The van der Waals surface area contributed by atoms with E-state index in [1.54, 1.807) is 0 Å². The van der Waals surface area contributed by atoms with Crippen molar-refractivity contribution < 1.29 is 21.7 Å². The van der Waals surface area contributed by atoms with Gasteiger partial charge in [0.1, 0.15) is 0 Å². The van der Waals surface area contributed by atoms with E-state index in [9.17, 15) is 0 Å². The molecule has 54 valence electrons. The molecule has 0 aliphatic carbocycles. The molecule has 0 fully saturated rings. The molecule has 0 atom stereocenters. The van der Waals surface area contributed by atoms with Crippen molar-refractivity contribution in [2.24, 2.45) is 0 Å². The fourth-order valence-corrected chi connectivity index (χ4v) is 0. The van der Waals surface area contributed by atoms with Gasteiger partial charge in [-0.2, -0.15) is 0 Å². The second kappa shape index (κ2) is 12.1. The predicted octanol–water partition coefficient (Wildman–Crippen LogP) is 2.39. The zero-order chi connectivity index (χ0) is 7.86. The van der Waals surface area contributed by atoms with Crippen LogP contribution in [0.4, 0.5) is 0 Å². The van der Waals surface area contributed by atoms with Gasteiger partial charge in [-0.1, -0.05) is 37.4 Å². The van der Waals surface area contributed by atoms with Gasteiger partial charge in [-0.05, 0) is 13.8 Å². The third kappa shape index (κ3) is 23.7. The SMILES string of the molecule is C=C(C)C(=C)C.C[SiH2]C.[Ti+4]. The van der Waals surface area contributed by atoms with Crippen molar-refractivity contribution in [3.05, 3.63) is 24.3 Å². The first-order chi connectivity index (χ1) is 4.06. The molecule has 2 heteroatoms. The Kier molecular flexibility index (Phi) is 20.4. The van der Waals surface area contributed by atoms with Crippen LogP contribution in [0.25, 0.3) is 0 Å². The summed E-state index contributed by atoms with van der Waals surface area (Å²) in [5, 5.41) is 0. The summed E-state index contributed by atoms with van der Waals surface area (Å²) >= 11 is 0. The van der Waals surface area contributed by atoms with E-state index in [-0.39, 0.29) is 21.7 Å². The molecule has 0 aromatic rings. The molecule has 0 aliphatic heterocycles. The Morgan fingerprint density at radius 2 is 1.10 bits per heavy atom. The number of rotatable bonds is 1. The standard InChI is InChI=1S/C6H10.C2H8Si.Ti/c1-5(2)6(3)4;1-3-2;/h1,3H2,2,4H3;3H2,1-2H3;/q;;+4. The summed E-state index contributed by atoms with van der Waals surface area (Å²) in [6, 6.07) is 0. The van der Waals surface area contributed by atoms with E-state index in [1.165, 1.54) is 0 Å². The van der Waals surface area contributed by atoms with Gasteiger partial charge in [0, 0.05) is 9.52 Å². The summed E-state index contributed by atoms with van der Waals surface area (Å²) in [6.07, 6.45) is 0. The molecule has 0 radical (unpaired) electrons. The first-order valence-corrected chi connectivity index (χ1v) is 6.20. The monoisotopic (exact) mass is 190 g/mol. The van der Waals surface area contributed by atoms with E-state index >= 15 is 0 Å². The molecule has 0 amide bonds. The van der Waals surface area contributed by atoms with Crippen molar-refractivity contribution in [2.45, 2.75) is 26.9 Å². The first-order valence-electron chi connectivity index (χ1n) is 3.37. The Morgan fingerprint density at radius 1 is 1.00 bits per heavy atom. The van der Waals surface area contributed by atoms with Gasteiger partial charge in [0.2, 0.25) is 0 Å². The number of hydrogen-bond donors (Lipinski definition) is 0. The van der Waals surface area contributed by atoms with Crippen molar-refractivity contribution in [1.29, 1.82) is 0 Å². The summed E-state index contributed by atoms with van der Waals surface area (Å²) in [5.74, 6) is 0. The van der Waals surface area contributed by atoms with Crippen LogP contribution in [0.1, 0.15) is 13.8 Å². The summed E-state index contributed by atoms with van der Waals surface area (Å²) in [5.41, 5.74) is 2.13. The van der Waals surface area contributed by atoms with E-state index in [1.807, 2.05) is 13.8 Å². The molecular formula is C8H18SiTi+4. The van der Waals surface area contributed by atoms with Crippen LogP contribution < -0.4 is 0 Å². The van der Waals surface area contributed by atoms with Gasteiger partial charge < -0.3 is 0 Å². The second-order valence-corrected chi connectivity index (χ2v) is 3.68. The van der Waals surface area contributed by atoms with E-state index < -0.39 is 0 Å². The van der Waals surface area contributed by atoms with Crippen molar-refractivity contribution >= 4 is 9.52 Å². The minimum absolute atomic E-state index is 0. The molecule has 10 heavy (non-hydrogen) atoms. The molecule has 0 unspecified atom stereocenters. The Morgan fingerprint density at radius 3 is 1.10 bits per heavy atom. The normalized spacial score (nSPS) is 6.40. The van der Waals surface area contributed by atoms with Crippen molar-refractivity contribution in [3.8, 4) is 0 Å². The van der Waals surface area contributed by atoms with Gasteiger partial charge in [-0.15, -0.1) is 0 Å². The maximum Gasteiger partial charge on any atom is 4.00 e. The summed E-state index contributed by atoms with van der Waals surface area (Å²) < 4.78 is 0. The fraction of sp³-hybridized carbons (Fsp3) is 0.500. The van der Waals surface area contributed by atoms with E-state index in [2.05, 4.69) is 26.3 Å². The summed E-state index contributed by atoms with van der Waals surface area (Å²) in [4.78, 5) is 0. The molecule has 0 spiro atoms. The third-order valence-corrected chi connectivity index (χ3v) is 0.729. The maximum absolute atomic E-state index is 3.66. The molecule has 0 aromatic carbocycles. The molecule has 0 bridgehead atoms. The molecule has 0 N–H and O–H groups in total. The maximum atomic E-state index is 3.66. The fourth-order valence-electron chi connectivity index (χ4n) is 0. The van der Waals surface area contributed by atoms with Crippen molar-refractivity contribution in [3.63, 3.8) is 0 Å². The molecule has 0 saturated heterocycles. The Bertz CT molecular complexity index is 85.4. The van der Waals surface area contributed by atoms with Crippen LogP contribution >= 0.6 is 0 Å². The smallest absolute Gasteiger partial charge is 0.0959 e. The van der Waals surface area contributed by atoms with Gasteiger partial charge in [0.25, 0.3) is 0 Å². The molecular weight excluding hydrogens is 172 g/mol. The first kappa shape index (κ1) is 16.8. The molecule has 0 saturated carbocycles. The van der Waals surface area contributed by atoms with Crippen LogP contribution in [-0.4, -0.2) is 9.52 Å². The van der Waals surface area contributed by atoms with Crippen LogP contribution in [0.2, 0.25) is 13.1 Å². The minimum atomic E-state index is 0. The van der Waals surface area contributed by atoms with Crippen LogP contribution in [0, 0.1) is 0 Å². The van der Waals surface area contributed by atoms with Crippen molar-refractivity contribution in [2.75, 3.05) is 0 Å². The van der Waals surface area contributed by atoms with Crippen LogP contribution in [0.3, 0.4) is 0 Å². The second-order valence-electron chi connectivity index (χ2n) is 2.27. The predicted molar refractivity (Wildman–Crippen MR) is 49.9 cm³/mol. The van der Waals surface area contributed by atoms with Crippen LogP contribution in [-0.2, 0) is 21.7 Å². The van der Waals surface area contributed by atoms with E-state index in [0.717, 1.165) is 11.1 Å². The molecule has 0 nitrogen and oxygen atoms in total. The third-order valence-electron chi connectivity index (χ3n) is 0.729. The molecule has 0 heterocycles. The van der Waals surface area contributed by atoms with Crippen LogP contribution in [0.15, 0.2) is 24.3 Å². The summed E-state index contributed by atoms with van der Waals surface area (Å²) in [6.45, 7) is 15.7. The quantitative estimate of drug-likeness (QED) is 0.440. The topological polar surface area (TPSA) is 0 Å². The van der Waals surface area contributed by atoms with Gasteiger partial charge in [-0.25, -0.2) is 0 Å². The molecule has 0 aromatic heterocycles.